The molecule has 11 heteroatoms. The molecule has 3 aromatic heterocycles. The summed E-state index contributed by atoms with van der Waals surface area (Å²) in [6, 6.07) is 1.03. The summed E-state index contributed by atoms with van der Waals surface area (Å²) in [5.74, 6) is 1.40. The van der Waals surface area contributed by atoms with E-state index in [2.05, 4.69) is 29.9 Å². The summed E-state index contributed by atoms with van der Waals surface area (Å²) < 4.78 is 40.8. The lowest BCUT2D eigenvalue weighted by Gasteiger charge is -2.39. The Morgan fingerprint density at radius 2 is 1.93 bits per heavy atom. The summed E-state index contributed by atoms with van der Waals surface area (Å²) in [4.78, 5) is 20.7. The van der Waals surface area contributed by atoms with E-state index in [0.29, 0.717) is 19.0 Å². The number of nitrogens with zero attached hydrogens (tertiary/aromatic N) is 8. The van der Waals surface area contributed by atoms with Gasteiger partial charge in [-0.2, -0.15) is 18.3 Å². The smallest absolute Gasteiger partial charge is 0.351 e. The number of rotatable bonds is 2. The molecule has 152 valence electrons. The quantitative estimate of drug-likeness (QED) is 0.649. The third-order valence-corrected chi connectivity index (χ3v) is 5.86. The molecule has 5 rings (SSSR count). The van der Waals surface area contributed by atoms with Crippen LogP contribution in [0.3, 0.4) is 0 Å². The van der Waals surface area contributed by atoms with E-state index in [-0.39, 0.29) is 12.0 Å². The van der Waals surface area contributed by atoms with Crippen LogP contribution in [0, 0.1) is 5.92 Å². The van der Waals surface area contributed by atoms with Gasteiger partial charge in [0.25, 0.3) is 0 Å². The zero-order chi connectivity index (χ0) is 20.2. The summed E-state index contributed by atoms with van der Waals surface area (Å²) in [5.41, 5.74) is -0.159. The number of aryl methyl sites for hydroxylation is 1. The second-order valence-corrected chi connectivity index (χ2v) is 7.49. The van der Waals surface area contributed by atoms with E-state index in [1.807, 2.05) is 11.9 Å². The fourth-order valence-electron chi connectivity index (χ4n) is 4.42. The van der Waals surface area contributed by atoms with Crippen LogP contribution in [0.4, 0.5) is 24.9 Å². The van der Waals surface area contributed by atoms with Gasteiger partial charge in [0.05, 0.1) is 17.6 Å². The predicted octanol–water partition coefficient (Wildman–Crippen LogP) is 2.28. The summed E-state index contributed by atoms with van der Waals surface area (Å²) in [5, 5.41) is 5.16. The van der Waals surface area contributed by atoms with Crippen LogP contribution in [0.1, 0.15) is 18.5 Å². The van der Waals surface area contributed by atoms with E-state index >= 15 is 0 Å². The van der Waals surface area contributed by atoms with Crippen LogP contribution in [-0.4, -0.2) is 55.4 Å². The second-order valence-electron chi connectivity index (χ2n) is 7.49. The van der Waals surface area contributed by atoms with E-state index in [9.17, 15) is 13.2 Å². The molecular weight excluding hydrogens is 385 g/mol. The summed E-state index contributed by atoms with van der Waals surface area (Å²) in [6.45, 7) is 2.04. The highest BCUT2D eigenvalue weighted by Crippen LogP contribution is 2.37. The van der Waals surface area contributed by atoms with Crippen molar-refractivity contribution in [3.8, 4) is 0 Å². The molecule has 0 saturated carbocycles. The molecule has 5 heterocycles. The van der Waals surface area contributed by atoms with Crippen molar-refractivity contribution in [3.05, 3.63) is 30.5 Å². The molecule has 2 aliphatic heterocycles. The average molecular weight is 404 g/mol. The largest absolute Gasteiger partial charge is 0.433 e. The van der Waals surface area contributed by atoms with E-state index in [1.54, 1.807) is 10.9 Å². The average Bonchev–Trinajstić information content (AvgIpc) is 3.31. The Labute approximate surface area is 164 Å². The van der Waals surface area contributed by atoms with Crippen molar-refractivity contribution in [2.75, 3.05) is 29.4 Å². The monoisotopic (exact) mass is 404 g/mol. The molecule has 0 aliphatic carbocycles. The van der Waals surface area contributed by atoms with Gasteiger partial charge in [-0.1, -0.05) is 0 Å². The topological polar surface area (TPSA) is 75.9 Å². The van der Waals surface area contributed by atoms with Gasteiger partial charge < -0.3 is 9.80 Å². The molecule has 0 amide bonds. The van der Waals surface area contributed by atoms with Crippen molar-refractivity contribution < 1.29 is 13.2 Å². The lowest BCUT2D eigenvalue weighted by Crippen LogP contribution is -2.49. The minimum atomic E-state index is -4.48. The number of fused-ring (bicyclic) bond motifs is 2. The van der Waals surface area contributed by atoms with Crippen LogP contribution in [0.25, 0.3) is 11.0 Å². The fraction of sp³-hybridized carbons (Fsp3) is 0.500. The van der Waals surface area contributed by atoms with Gasteiger partial charge in [-0.3, -0.25) is 4.68 Å². The van der Waals surface area contributed by atoms with Crippen LogP contribution < -0.4 is 9.80 Å². The van der Waals surface area contributed by atoms with Crippen LogP contribution >= 0.6 is 0 Å². The first kappa shape index (κ1) is 18.1. The molecule has 2 fully saturated rings. The number of piperidine rings is 1. The minimum Gasteiger partial charge on any atom is -0.351 e. The van der Waals surface area contributed by atoms with E-state index in [1.165, 1.54) is 12.5 Å². The maximum Gasteiger partial charge on any atom is 0.433 e. The Morgan fingerprint density at radius 1 is 1.10 bits per heavy atom. The Hall–Kier alpha value is -2.98. The van der Waals surface area contributed by atoms with Gasteiger partial charge in [-0.25, -0.2) is 19.9 Å². The van der Waals surface area contributed by atoms with E-state index < -0.39 is 11.9 Å². The molecule has 2 saturated heterocycles. The van der Waals surface area contributed by atoms with E-state index in [4.69, 9.17) is 0 Å². The molecule has 0 radical (unpaired) electrons. The fourth-order valence-corrected chi connectivity index (χ4v) is 4.42. The molecule has 2 atom stereocenters. The van der Waals surface area contributed by atoms with Gasteiger partial charge in [0.15, 0.2) is 5.65 Å². The molecule has 0 spiro atoms. The van der Waals surface area contributed by atoms with Crippen molar-refractivity contribution in [2.45, 2.75) is 25.1 Å². The summed E-state index contributed by atoms with van der Waals surface area (Å²) in [7, 11) is 1.83. The Balaban J connectivity index is 1.45. The SMILES string of the molecule is Cn1ncc2c(N3CCC4CCN(c5nccc(C(F)(F)F)n5)CC43)ncnc21. The van der Waals surface area contributed by atoms with Crippen molar-refractivity contribution in [1.82, 2.24) is 29.7 Å². The lowest BCUT2D eigenvalue weighted by molar-refractivity contribution is -0.141. The highest BCUT2D eigenvalue weighted by Gasteiger charge is 2.41. The zero-order valence-electron chi connectivity index (χ0n) is 15.7. The maximum absolute atomic E-state index is 13.0. The van der Waals surface area contributed by atoms with Crippen LogP contribution in [0.2, 0.25) is 0 Å². The van der Waals surface area contributed by atoms with Crippen molar-refractivity contribution in [3.63, 3.8) is 0 Å². The van der Waals surface area contributed by atoms with Gasteiger partial charge in [-0.15, -0.1) is 0 Å². The Bertz CT molecular complexity index is 1050. The first-order valence-electron chi connectivity index (χ1n) is 9.46. The standard InChI is InChI=1S/C18H19F3N8/c1-27-15-12(8-25-27)16(24-10-23-15)29-7-4-11-3-6-28(9-13(11)29)17-22-5-2-14(26-17)18(19,20)21/h2,5,8,10-11,13H,3-4,6-7,9H2,1H3. The zero-order valence-corrected chi connectivity index (χ0v) is 15.7. The number of aromatic nitrogens is 6. The Kier molecular flexibility index (Phi) is 4.07. The highest BCUT2D eigenvalue weighted by molar-refractivity contribution is 5.87. The molecule has 8 nitrogen and oxygen atoms in total. The Morgan fingerprint density at radius 3 is 2.76 bits per heavy atom. The molecular formula is C18H19F3N8. The van der Waals surface area contributed by atoms with Crippen molar-refractivity contribution in [2.24, 2.45) is 13.0 Å². The number of hydrogen-bond acceptors (Lipinski definition) is 7. The van der Waals surface area contributed by atoms with Crippen LogP contribution in [0.5, 0.6) is 0 Å². The molecule has 0 bridgehead atoms. The van der Waals surface area contributed by atoms with Gasteiger partial charge in [0.2, 0.25) is 5.95 Å². The first-order valence-corrected chi connectivity index (χ1v) is 9.46. The summed E-state index contributed by atoms with van der Waals surface area (Å²) in [6.07, 6.45) is 1.88. The van der Waals surface area contributed by atoms with Crippen molar-refractivity contribution >= 4 is 22.8 Å². The van der Waals surface area contributed by atoms with Gasteiger partial charge in [0.1, 0.15) is 17.8 Å². The first-order chi connectivity index (χ1) is 13.9. The van der Waals surface area contributed by atoms with Gasteiger partial charge in [0, 0.05) is 32.9 Å². The van der Waals surface area contributed by atoms with Gasteiger partial charge >= 0.3 is 6.18 Å². The minimum absolute atomic E-state index is 0.124. The number of anilines is 2. The number of alkyl halides is 3. The number of halogens is 3. The maximum atomic E-state index is 13.0. The second kappa shape index (κ2) is 6.53. The molecule has 2 unspecified atom stereocenters. The highest BCUT2D eigenvalue weighted by atomic mass is 19.4. The lowest BCUT2D eigenvalue weighted by atomic mass is 9.92. The molecule has 0 aromatic carbocycles. The van der Waals surface area contributed by atoms with Crippen LogP contribution in [-0.2, 0) is 13.2 Å². The van der Waals surface area contributed by atoms with Gasteiger partial charge in [-0.05, 0) is 24.8 Å². The summed E-state index contributed by atoms with van der Waals surface area (Å²) >= 11 is 0. The normalized spacial score (nSPS) is 22.3. The van der Waals surface area contributed by atoms with Crippen molar-refractivity contribution in [1.29, 1.82) is 0 Å². The molecule has 29 heavy (non-hydrogen) atoms. The molecule has 3 aromatic rings. The van der Waals surface area contributed by atoms with E-state index in [0.717, 1.165) is 42.3 Å². The third kappa shape index (κ3) is 3.04. The predicted molar refractivity (Wildman–Crippen MR) is 99.4 cm³/mol. The molecule has 0 N–H and O–H groups in total. The molecule has 2 aliphatic rings. The van der Waals surface area contributed by atoms with Crippen LogP contribution in [0.15, 0.2) is 24.8 Å². The number of hydrogen-bond donors (Lipinski definition) is 0. The third-order valence-electron chi connectivity index (χ3n) is 5.86.